The molecular weight excluding hydrogens is 390 g/mol. The number of amides is 1. The Bertz CT molecular complexity index is 1030. The number of benzene rings is 2. The summed E-state index contributed by atoms with van der Waals surface area (Å²) in [5, 5.41) is 7.86. The summed E-state index contributed by atoms with van der Waals surface area (Å²) in [5.41, 5.74) is 1.53. The lowest BCUT2D eigenvalue weighted by Gasteiger charge is -2.21. The van der Waals surface area contributed by atoms with Crippen molar-refractivity contribution >= 4 is 21.6 Å². The van der Waals surface area contributed by atoms with Gasteiger partial charge in [-0.25, -0.2) is 13.6 Å². The second-order valence-corrected chi connectivity index (χ2v) is 8.21. The number of anilines is 1. The maximum Gasteiger partial charge on any atom is 0.238 e. The number of hydrogen-bond donors (Lipinski definition) is 2. The summed E-state index contributed by atoms with van der Waals surface area (Å²) >= 11 is 0. The molecule has 7 nitrogen and oxygen atoms in total. The molecule has 0 atom stereocenters. The van der Waals surface area contributed by atoms with E-state index in [1.54, 1.807) is 12.3 Å². The first-order chi connectivity index (χ1) is 13.9. The van der Waals surface area contributed by atoms with Crippen molar-refractivity contribution in [3.8, 4) is 0 Å². The van der Waals surface area contributed by atoms with Crippen LogP contribution in [0, 0.1) is 0 Å². The smallest absolute Gasteiger partial charge is 0.238 e. The number of sulfonamides is 1. The van der Waals surface area contributed by atoms with Crippen molar-refractivity contribution < 1.29 is 17.6 Å². The van der Waals surface area contributed by atoms with Gasteiger partial charge in [-0.3, -0.25) is 9.69 Å². The van der Waals surface area contributed by atoms with Crippen molar-refractivity contribution in [2.24, 2.45) is 5.14 Å². The van der Waals surface area contributed by atoms with Gasteiger partial charge < -0.3 is 9.73 Å². The van der Waals surface area contributed by atoms with Gasteiger partial charge in [-0.2, -0.15) is 0 Å². The summed E-state index contributed by atoms with van der Waals surface area (Å²) in [6.45, 7) is 1.77. The molecule has 0 radical (unpaired) electrons. The Hall–Kier alpha value is -2.94. The van der Waals surface area contributed by atoms with Crippen LogP contribution < -0.4 is 10.5 Å². The molecule has 1 amide bonds. The molecule has 2 aromatic carbocycles. The average molecular weight is 413 g/mol. The predicted octanol–water partition coefficient (Wildman–Crippen LogP) is 2.96. The van der Waals surface area contributed by atoms with E-state index < -0.39 is 10.0 Å². The molecule has 0 aliphatic heterocycles. The van der Waals surface area contributed by atoms with Gasteiger partial charge in [0.15, 0.2) is 0 Å². The Morgan fingerprint density at radius 3 is 2.48 bits per heavy atom. The Morgan fingerprint density at radius 1 is 1.00 bits per heavy atom. The summed E-state index contributed by atoms with van der Waals surface area (Å²) in [7, 11) is -3.82. The second-order valence-electron chi connectivity index (χ2n) is 6.65. The van der Waals surface area contributed by atoms with Gasteiger partial charge in [0.1, 0.15) is 5.76 Å². The number of nitrogens with two attached hydrogens (primary N) is 1. The largest absolute Gasteiger partial charge is 0.468 e. The third kappa shape index (κ3) is 6.56. The summed E-state index contributed by atoms with van der Waals surface area (Å²) in [6, 6.07) is 19.6. The minimum absolute atomic E-state index is 0.0428. The lowest BCUT2D eigenvalue weighted by Crippen LogP contribution is -2.27. The van der Waals surface area contributed by atoms with Gasteiger partial charge in [0, 0.05) is 25.2 Å². The van der Waals surface area contributed by atoms with E-state index >= 15 is 0 Å². The molecular formula is C21H23N3O4S. The maximum atomic E-state index is 12.4. The van der Waals surface area contributed by atoms with E-state index in [-0.39, 0.29) is 17.2 Å². The van der Waals surface area contributed by atoms with E-state index in [1.165, 1.54) is 18.2 Å². The summed E-state index contributed by atoms with van der Waals surface area (Å²) in [6.07, 6.45) is 1.87. The van der Waals surface area contributed by atoms with Crippen molar-refractivity contribution in [1.29, 1.82) is 0 Å². The molecule has 8 heteroatoms. The minimum Gasteiger partial charge on any atom is -0.468 e. The zero-order valence-corrected chi connectivity index (χ0v) is 16.6. The number of nitrogens with zero attached hydrogens (tertiary/aromatic N) is 1. The van der Waals surface area contributed by atoms with Crippen molar-refractivity contribution in [1.82, 2.24) is 4.90 Å². The first-order valence-corrected chi connectivity index (χ1v) is 10.7. The zero-order valence-electron chi connectivity index (χ0n) is 15.8. The number of carbonyl (C=O) groups is 1. The van der Waals surface area contributed by atoms with Gasteiger partial charge in [0.25, 0.3) is 0 Å². The molecule has 1 heterocycles. The molecule has 0 fully saturated rings. The van der Waals surface area contributed by atoms with Crippen LogP contribution in [0.4, 0.5) is 5.69 Å². The highest BCUT2D eigenvalue weighted by Crippen LogP contribution is 2.15. The number of rotatable bonds is 9. The minimum atomic E-state index is -3.82. The van der Waals surface area contributed by atoms with Crippen LogP contribution in [0.1, 0.15) is 17.7 Å². The molecule has 29 heavy (non-hydrogen) atoms. The molecule has 0 saturated carbocycles. The molecule has 3 rings (SSSR count). The second kappa shape index (κ2) is 9.51. The summed E-state index contributed by atoms with van der Waals surface area (Å²) in [5.74, 6) is 0.608. The molecule has 0 bridgehead atoms. The maximum absolute atomic E-state index is 12.4. The van der Waals surface area contributed by atoms with E-state index in [1.807, 2.05) is 42.5 Å². The highest BCUT2D eigenvalue weighted by molar-refractivity contribution is 7.89. The number of furan rings is 1. The van der Waals surface area contributed by atoms with Gasteiger partial charge in [-0.15, -0.1) is 0 Å². The lowest BCUT2D eigenvalue weighted by molar-refractivity contribution is -0.116. The number of carbonyl (C=O) groups excluding carboxylic acids is 1. The highest BCUT2D eigenvalue weighted by Gasteiger charge is 2.13. The quantitative estimate of drug-likeness (QED) is 0.561. The Morgan fingerprint density at radius 2 is 1.79 bits per heavy atom. The molecule has 152 valence electrons. The molecule has 0 spiro atoms. The van der Waals surface area contributed by atoms with Crippen LogP contribution in [-0.4, -0.2) is 25.8 Å². The van der Waals surface area contributed by atoms with Crippen molar-refractivity contribution in [3.63, 3.8) is 0 Å². The molecule has 3 N–H and O–H groups in total. The lowest BCUT2D eigenvalue weighted by atomic mass is 10.2. The first-order valence-electron chi connectivity index (χ1n) is 9.11. The van der Waals surface area contributed by atoms with Crippen LogP contribution in [0.5, 0.6) is 0 Å². The van der Waals surface area contributed by atoms with Gasteiger partial charge in [-0.1, -0.05) is 36.4 Å². The topological polar surface area (TPSA) is 106 Å². The van der Waals surface area contributed by atoms with E-state index in [2.05, 4.69) is 10.2 Å². The van der Waals surface area contributed by atoms with Crippen molar-refractivity contribution in [3.05, 3.63) is 84.3 Å². The van der Waals surface area contributed by atoms with Gasteiger partial charge in [0.05, 0.1) is 17.7 Å². The summed E-state index contributed by atoms with van der Waals surface area (Å²) < 4.78 is 28.4. The predicted molar refractivity (Wildman–Crippen MR) is 110 cm³/mol. The van der Waals surface area contributed by atoms with Crippen LogP contribution in [-0.2, 0) is 27.9 Å². The molecule has 0 unspecified atom stereocenters. The van der Waals surface area contributed by atoms with Crippen molar-refractivity contribution in [2.75, 3.05) is 11.9 Å². The summed E-state index contributed by atoms with van der Waals surface area (Å²) in [4.78, 5) is 14.5. The Labute approximate surface area is 170 Å². The SMILES string of the molecule is NS(=O)(=O)c1cccc(NC(=O)CCN(Cc2ccccc2)Cc2ccco2)c1. The van der Waals surface area contributed by atoms with E-state index in [0.717, 1.165) is 11.3 Å². The average Bonchev–Trinajstić information content (AvgIpc) is 3.19. The molecule has 0 aliphatic carbocycles. The van der Waals surface area contributed by atoms with Crippen LogP contribution in [0.3, 0.4) is 0 Å². The van der Waals surface area contributed by atoms with E-state index in [9.17, 15) is 13.2 Å². The first kappa shape index (κ1) is 20.8. The molecule has 3 aromatic rings. The van der Waals surface area contributed by atoms with Crippen LogP contribution in [0.2, 0.25) is 0 Å². The fourth-order valence-corrected chi connectivity index (χ4v) is 3.47. The third-order valence-corrected chi connectivity index (χ3v) is 5.22. The number of primary sulfonamides is 1. The Balaban J connectivity index is 1.61. The Kier molecular flexibility index (Phi) is 6.82. The monoisotopic (exact) mass is 413 g/mol. The molecule has 1 aromatic heterocycles. The van der Waals surface area contributed by atoms with Gasteiger partial charge in [-0.05, 0) is 35.9 Å². The normalized spacial score (nSPS) is 11.5. The van der Waals surface area contributed by atoms with E-state index in [4.69, 9.17) is 9.56 Å². The standard InChI is InChI=1S/C21H23N3O4S/c22-29(26,27)20-10-4-8-18(14-20)23-21(25)11-12-24(16-19-9-5-13-28-19)15-17-6-2-1-3-7-17/h1-10,13-14H,11-12,15-16H2,(H,23,25)(H2,22,26,27). The van der Waals surface area contributed by atoms with Crippen LogP contribution >= 0.6 is 0 Å². The highest BCUT2D eigenvalue weighted by atomic mass is 32.2. The molecule has 0 saturated heterocycles. The number of hydrogen-bond acceptors (Lipinski definition) is 5. The van der Waals surface area contributed by atoms with Crippen LogP contribution in [0.25, 0.3) is 0 Å². The zero-order chi connectivity index (χ0) is 20.7. The fraction of sp³-hybridized carbons (Fsp3) is 0.190. The molecule has 0 aliphatic rings. The van der Waals surface area contributed by atoms with E-state index in [0.29, 0.717) is 25.3 Å². The van der Waals surface area contributed by atoms with Gasteiger partial charge in [0.2, 0.25) is 15.9 Å². The van der Waals surface area contributed by atoms with Crippen LogP contribution in [0.15, 0.2) is 82.3 Å². The van der Waals surface area contributed by atoms with Crippen molar-refractivity contribution in [2.45, 2.75) is 24.4 Å². The van der Waals surface area contributed by atoms with Gasteiger partial charge >= 0.3 is 0 Å². The fourth-order valence-electron chi connectivity index (χ4n) is 2.91. The number of nitrogens with one attached hydrogen (secondary N) is 1. The third-order valence-electron chi connectivity index (χ3n) is 4.31.